The number of carbonyl (C=O) groups excluding carboxylic acids is 3. The van der Waals surface area contributed by atoms with Crippen molar-refractivity contribution in [2.24, 2.45) is 0 Å². The Morgan fingerprint density at radius 1 is 1.21 bits per heavy atom. The van der Waals surface area contributed by atoms with Crippen molar-refractivity contribution in [3.05, 3.63) is 64.2 Å². The summed E-state index contributed by atoms with van der Waals surface area (Å²) < 4.78 is 16.3. The van der Waals surface area contributed by atoms with E-state index < -0.39 is 24.3 Å². The van der Waals surface area contributed by atoms with Gasteiger partial charge in [-0.25, -0.2) is 0 Å². The molecule has 2 N–H and O–H groups in total. The van der Waals surface area contributed by atoms with Crippen LogP contribution in [0.15, 0.2) is 36.4 Å². The summed E-state index contributed by atoms with van der Waals surface area (Å²) in [6, 6.07) is 11.5. The molecule has 2 unspecified atom stereocenters. The predicted octanol–water partition coefficient (Wildman–Crippen LogP) is 1.71. The van der Waals surface area contributed by atoms with Crippen molar-refractivity contribution < 1.29 is 28.6 Å². The van der Waals surface area contributed by atoms with Crippen LogP contribution < -0.4 is 15.4 Å². The van der Waals surface area contributed by atoms with Crippen LogP contribution >= 0.6 is 0 Å². The standard InChI is InChI=1S/C24H26N4O6/c1-5-34-24(28-13-15-11-16(32-3)7-9-17(15)23(28)31)21(30)27-22(33-4)18-8-6-14(12-25)10-19(18)20(29)26-2/h6-11,22,24H,5,13H2,1-4H3,(H,26,29)(H,27,30). The minimum Gasteiger partial charge on any atom is -0.497 e. The van der Waals surface area contributed by atoms with E-state index in [2.05, 4.69) is 10.6 Å². The maximum Gasteiger partial charge on any atom is 0.272 e. The van der Waals surface area contributed by atoms with Gasteiger partial charge in [0.1, 0.15) is 5.75 Å². The lowest BCUT2D eigenvalue weighted by Crippen LogP contribution is -2.50. The lowest BCUT2D eigenvalue weighted by Gasteiger charge is -2.28. The molecule has 3 rings (SSSR count). The highest BCUT2D eigenvalue weighted by Crippen LogP contribution is 2.29. The fourth-order valence-corrected chi connectivity index (χ4v) is 3.75. The third kappa shape index (κ3) is 4.85. The number of carbonyl (C=O) groups is 3. The number of nitrogens with one attached hydrogen (secondary N) is 2. The van der Waals surface area contributed by atoms with Crippen LogP contribution in [0.4, 0.5) is 0 Å². The molecule has 1 aliphatic heterocycles. The molecule has 3 amide bonds. The second kappa shape index (κ2) is 10.8. The number of fused-ring (bicyclic) bond motifs is 1. The quantitative estimate of drug-likeness (QED) is 0.538. The van der Waals surface area contributed by atoms with Crippen LogP contribution in [-0.4, -0.2) is 56.7 Å². The highest BCUT2D eigenvalue weighted by Gasteiger charge is 2.38. The van der Waals surface area contributed by atoms with Gasteiger partial charge in [-0.2, -0.15) is 5.26 Å². The molecule has 0 bridgehead atoms. The number of benzene rings is 2. The SMILES string of the molecule is CCOC(C(=O)NC(OC)c1ccc(C#N)cc1C(=O)NC)N1Cc2cc(OC)ccc2C1=O. The van der Waals surface area contributed by atoms with Crippen molar-refractivity contribution in [2.45, 2.75) is 25.9 Å². The third-order valence-corrected chi connectivity index (χ3v) is 5.42. The Bertz CT molecular complexity index is 1140. The first kappa shape index (κ1) is 24.7. The van der Waals surface area contributed by atoms with Crippen molar-refractivity contribution in [1.29, 1.82) is 5.26 Å². The first-order valence-electron chi connectivity index (χ1n) is 10.6. The number of nitriles is 1. The molecule has 0 radical (unpaired) electrons. The van der Waals surface area contributed by atoms with Gasteiger partial charge in [-0.05, 0) is 42.8 Å². The summed E-state index contributed by atoms with van der Waals surface area (Å²) >= 11 is 0. The van der Waals surface area contributed by atoms with Gasteiger partial charge in [-0.1, -0.05) is 6.07 Å². The molecule has 0 saturated carbocycles. The van der Waals surface area contributed by atoms with Crippen LogP contribution in [0.1, 0.15) is 50.6 Å². The van der Waals surface area contributed by atoms with Gasteiger partial charge < -0.3 is 29.7 Å². The Labute approximate surface area is 197 Å². The number of rotatable bonds is 9. The lowest BCUT2D eigenvalue weighted by atomic mass is 10.0. The van der Waals surface area contributed by atoms with Crippen LogP contribution in [0.3, 0.4) is 0 Å². The number of hydrogen-bond acceptors (Lipinski definition) is 7. The predicted molar refractivity (Wildman–Crippen MR) is 121 cm³/mol. The molecule has 34 heavy (non-hydrogen) atoms. The molecule has 2 atom stereocenters. The summed E-state index contributed by atoms with van der Waals surface area (Å²) in [5.41, 5.74) is 2.00. The molecule has 0 fully saturated rings. The zero-order valence-electron chi connectivity index (χ0n) is 19.4. The van der Waals surface area contributed by atoms with Crippen LogP contribution in [0.5, 0.6) is 5.75 Å². The van der Waals surface area contributed by atoms with Crippen LogP contribution in [0.25, 0.3) is 0 Å². The maximum atomic E-state index is 13.3. The number of amides is 3. The average Bonchev–Trinajstić information content (AvgIpc) is 3.19. The molecule has 1 aliphatic rings. The molecule has 0 aliphatic carbocycles. The number of ether oxygens (including phenoxy) is 3. The minimum atomic E-state index is -1.23. The Morgan fingerprint density at radius 2 is 1.97 bits per heavy atom. The summed E-state index contributed by atoms with van der Waals surface area (Å²) in [5, 5.41) is 14.4. The van der Waals surface area contributed by atoms with Crippen molar-refractivity contribution in [2.75, 3.05) is 27.9 Å². The zero-order valence-corrected chi connectivity index (χ0v) is 19.4. The molecule has 2 aromatic carbocycles. The van der Waals surface area contributed by atoms with E-state index in [0.717, 1.165) is 5.56 Å². The van der Waals surface area contributed by atoms with Crippen molar-refractivity contribution in [1.82, 2.24) is 15.5 Å². The summed E-state index contributed by atoms with van der Waals surface area (Å²) in [6.45, 7) is 2.07. The molecule has 1 heterocycles. The van der Waals surface area contributed by atoms with Gasteiger partial charge in [-0.15, -0.1) is 0 Å². The highest BCUT2D eigenvalue weighted by atomic mass is 16.5. The molecule has 10 heteroatoms. The Hall–Kier alpha value is -3.94. The summed E-state index contributed by atoms with van der Waals surface area (Å²) in [7, 11) is 4.37. The van der Waals surface area contributed by atoms with E-state index in [1.165, 1.54) is 44.4 Å². The Morgan fingerprint density at radius 3 is 2.59 bits per heavy atom. The van der Waals surface area contributed by atoms with E-state index >= 15 is 0 Å². The molecular weight excluding hydrogens is 440 g/mol. The summed E-state index contributed by atoms with van der Waals surface area (Å²) in [5.74, 6) is -0.796. The lowest BCUT2D eigenvalue weighted by molar-refractivity contribution is -0.147. The van der Waals surface area contributed by atoms with Gasteiger partial charge in [0.2, 0.25) is 6.23 Å². The molecule has 178 valence electrons. The highest BCUT2D eigenvalue weighted by molar-refractivity contribution is 6.01. The van der Waals surface area contributed by atoms with Gasteiger partial charge in [0, 0.05) is 44.0 Å². The van der Waals surface area contributed by atoms with Crippen LogP contribution in [0, 0.1) is 11.3 Å². The first-order chi connectivity index (χ1) is 16.4. The Balaban J connectivity index is 1.88. The molecule has 0 saturated heterocycles. The molecule has 10 nitrogen and oxygen atoms in total. The number of hydrogen-bond donors (Lipinski definition) is 2. The summed E-state index contributed by atoms with van der Waals surface area (Å²) in [6.07, 6.45) is -2.26. The summed E-state index contributed by atoms with van der Waals surface area (Å²) in [4.78, 5) is 40.0. The van der Waals surface area contributed by atoms with E-state index in [9.17, 15) is 19.6 Å². The number of nitrogens with zero attached hydrogens (tertiary/aromatic N) is 2. The van der Waals surface area contributed by atoms with Gasteiger partial charge in [0.25, 0.3) is 17.7 Å². The second-order valence-corrected chi connectivity index (χ2v) is 7.38. The van der Waals surface area contributed by atoms with E-state index in [4.69, 9.17) is 14.2 Å². The van der Waals surface area contributed by atoms with Crippen LogP contribution in [0.2, 0.25) is 0 Å². The monoisotopic (exact) mass is 466 g/mol. The van der Waals surface area contributed by atoms with E-state index in [-0.39, 0.29) is 30.2 Å². The van der Waals surface area contributed by atoms with Gasteiger partial charge >= 0.3 is 0 Å². The first-order valence-corrected chi connectivity index (χ1v) is 10.6. The third-order valence-electron chi connectivity index (χ3n) is 5.42. The smallest absolute Gasteiger partial charge is 0.272 e. The molecule has 2 aromatic rings. The second-order valence-electron chi connectivity index (χ2n) is 7.38. The van der Waals surface area contributed by atoms with Gasteiger partial charge in [0.05, 0.1) is 18.7 Å². The molecule has 0 spiro atoms. The van der Waals surface area contributed by atoms with Gasteiger partial charge in [-0.3, -0.25) is 14.4 Å². The Kier molecular flexibility index (Phi) is 7.83. The topological polar surface area (TPSA) is 130 Å². The minimum absolute atomic E-state index is 0.168. The van der Waals surface area contributed by atoms with Crippen molar-refractivity contribution in [3.8, 4) is 11.8 Å². The zero-order chi connectivity index (χ0) is 24.8. The fraction of sp³-hybridized carbons (Fsp3) is 0.333. The van der Waals surface area contributed by atoms with Crippen molar-refractivity contribution in [3.63, 3.8) is 0 Å². The normalized spacial score (nSPS) is 14.1. The average molecular weight is 466 g/mol. The van der Waals surface area contributed by atoms with E-state index in [0.29, 0.717) is 16.9 Å². The van der Waals surface area contributed by atoms with Crippen LogP contribution in [-0.2, 0) is 20.8 Å². The fourth-order valence-electron chi connectivity index (χ4n) is 3.75. The van der Waals surface area contributed by atoms with Crippen molar-refractivity contribution >= 4 is 17.7 Å². The molecular formula is C24H26N4O6. The van der Waals surface area contributed by atoms with E-state index in [1.54, 1.807) is 25.1 Å². The largest absolute Gasteiger partial charge is 0.497 e. The van der Waals surface area contributed by atoms with Gasteiger partial charge in [0.15, 0.2) is 6.23 Å². The number of methoxy groups -OCH3 is 2. The molecule has 0 aromatic heterocycles. The maximum absolute atomic E-state index is 13.3. The van der Waals surface area contributed by atoms with E-state index in [1.807, 2.05) is 6.07 Å².